The molecule has 1 rings (SSSR count). The molecule has 0 amide bonds. The fraction of sp³-hybridized carbons (Fsp3) is 0.600. The fourth-order valence-electron chi connectivity index (χ4n) is 1.37. The molecule has 0 aliphatic carbocycles. The molecule has 1 aromatic rings. The predicted molar refractivity (Wildman–Crippen MR) is 76.1 cm³/mol. The summed E-state index contributed by atoms with van der Waals surface area (Å²) < 4.78 is 28.5. The highest BCUT2D eigenvalue weighted by molar-refractivity contribution is 7.87. The zero-order valence-electron chi connectivity index (χ0n) is 10.4. The Morgan fingerprint density at radius 3 is 2.72 bits per heavy atom. The Morgan fingerprint density at radius 2 is 2.22 bits per heavy atom. The van der Waals surface area contributed by atoms with Crippen molar-refractivity contribution in [3.05, 3.63) is 21.3 Å². The van der Waals surface area contributed by atoms with Crippen LogP contribution in [0.15, 0.2) is 12.1 Å². The molecule has 5 nitrogen and oxygen atoms in total. The minimum absolute atomic E-state index is 0.298. The fourth-order valence-corrected chi connectivity index (χ4v) is 3.63. The van der Waals surface area contributed by atoms with Crippen LogP contribution in [0.2, 0.25) is 4.34 Å². The number of nitrogens with zero attached hydrogens (tertiary/aromatic N) is 1. The molecule has 0 radical (unpaired) electrons. The molecular formula is C10H18ClN3O2S2. The van der Waals surface area contributed by atoms with Crippen molar-refractivity contribution in [2.45, 2.75) is 19.4 Å². The molecule has 0 spiro atoms. The first-order chi connectivity index (χ1) is 8.36. The Kier molecular flexibility index (Phi) is 6.03. The Labute approximate surface area is 117 Å². The van der Waals surface area contributed by atoms with Gasteiger partial charge in [-0.3, -0.25) is 0 Å². The maximum atomic E-state index is 12.0. The lowest BCUT2D eigenvalue weighted by Crippen LogP contribution is -2.40. The largest absolute Gasteiger partial charge is 0.330 e. The van der Waals surface area contributed by atoms with Crippen LogP contribution in [0.3, 0.4) is 0 Å². The van der Waals surface area contributed by atoms with Gasteiger partial charge in [0.1, 0.15) is 0 Å². The SMILES string of the molecule is CC(NS(=O)(=O)N(C)CCCN)c1ccc(Cl)s1. The van der Waals surface area contributed by atoms with Crippen LogP contribution >= 0.6 is 22.9 Å². The number of nitrogens with one attached hydrogen (secondary N) is 1. The van der Waals surface area contributed by atoms with Crippen molar-refractivity contribution in [3.63, 3.8) is 0 Å². The van der Waals surface area contributed by atoms with E-state index in [0.717, 1.165) is 4.88 Å². The summed E-state index contributed by atoms with van der Waals surface area (Å²) >= 11 is 7.19. The van der Waals surface area contributed by atoms with Gasteiger partial charge in [0, 0.05) is 18.5 Å². The van der Waals surface area contributed by atoms with E-state index in [-0.39, 0.29) is 6.04 Å². The number of rotatable bonds is 7. The third kappa shape index (κ3) is 4.49. The summed E-state index contributed by atoms with van der Waals surface area (Å²) in [4.78, 5) is 0.885. The zero-order valence-corrected chi connectivity index (χ0v) is 12.8. The predicted octanol–water partition coefficient (Wildman–Crippen LogP) is 1.58. The van der Waals surface area contributed by atoms with Crippen LogP contribution in [0.1, 0.15) is 24.3 Å². The van der Waals surface area contributed by atoms with Gasteiger partial charge in [-0.2, -0.15) is 17.4 Å². The first kappa shape index (κ1) is 15.9. The van der Waals surface area contributed by atoms with Gasteiger partial charge in [0.15, 0.2) is 0 Å². The molecule has 0 saturated carbocycles. The molecule has 0 bridgehead atoms. The topological polar surface area (TPSA) is 75.4 Å². The average Bonchev–Trinajstić information content (AvgIpc) is 2.72. The summed E-state index contributed by atoms with van der Waals surface area (Å²) in [5, 5.41) is 0. The highest BCUT2D eigenvalue weighted by atomic mass is 35.5. The third-order valence-electron chi connectivity index (χ3n) is 2.43. The standard InChI is InChI=1S/C10H18ClN3O2S2/c1-8(9-4-5-10(11)17-9)13-18(15,16)14(2)7-3-6-12/h4-5,8,13H,3,6-7,12H2,1-2H3. The summed E-state index contributed by atoms with van der Waals surface area (Å²) in [6.45, 7) is 2.66. The van der Waals surface area contributed by atoms with Crippen LogP contribution in [0.5, 0.6) is 0 Å². The van der Waals surface area contributed by atoms with Crippen molar-refractivity contribution in [1.82, 2.24) is 9.03 Å². The van der Waals surface area contributed by atoms with Crippen LogP contribution < -0.4 is 10.5 Å². The van der Waals surface area contributed by atoms with Crippen molar-refractivity contribution < 1.29 is 8.42 Å². The maximum absolute atomic E-state index is 12.0. The highest BCUT2D eigenvalue weighted by Crippen LogP contribution is 2.27. The lowest BCUT2D eigenvalue weighted by atomic mass is 10.3. The monoisotopic (exact) mass is 311 g/mol. The normalized spacial score (nSPS) is 14.1. The quantitative estimate of drug-likeness (QED) is 0.802. The molecule has 104 valence electrons. The van der Waals surface area contributed by atoms with Crippen molar-refractivity contribution >= 4 is 33.1 Å². The molecule has 0 aromatic carbocycles. The number of hydrogen-bond acceptors (Lipinski definition) is 4. The Balaban J connectivity index is 2.65. The third-order valence-corrected chi connectivity index (χ3v) is 5.50. The van der Waals surface area contributed by atoms with Crippen LogP contribution in [0.4, 0.5) is 0 Å². The summed E-state index contributed by atoms with van der Waals surface area (Å²) in [5.41, 5.74) is 5.36. The lowest BCUT2D eigenvalue weighted by molar-refractivity contribution is 0.446. The molecule has 0 fully saturated rings. The second kappa shape index (κ2) is 6.83. The average molecular weight is 312 g/mol. The van der Waals surface area contributed by atoms with Gasteiger partial charge in [-0.05, 0) is 32.0 Å². The van der Waals surface area contributed by atoms with E-state index in [1.807, 2.05) is 6.07 Å². The number of halogens is 1. The summed E-state index contributed by atoms with van der Waals surface area (Å²) in [6, 6.07) is 3.28. The molecule has 3 N–H and O–H groups in total. The lowest BCUT2D eigenvalue weighted by Gasteiger charge is -2.20. The maximum Gasteiger partial charge on any atom is 0.279 e. The Hall–Kier alpha value is -0.180. The van der Waals surface area contributed by atoms with E-state index in [1.54, 1.807) is 13.0 Å². The molecule has 0 aliphatic heterocycles. The second-order valence-electron chi connectivity index (χ2n) is 3.95. The summed E-state index contributed by atoms with van der Waals surface area (Å²) in [7, 11) is -1.95. The molecule has 18 heavy (non-hydrogen) atoms. The second-order valence-corrected chi connectivity index (χ2v) is 7.51. The van der Waals surface area contributed by atoms with Gasteiger partial charge in [0.2, 0.25) is 0 Å². The summed E-state index contributed by atoms with van der Waals surface area (Å²) in [6.07, 6.45) is 0.636. The van der Waals surface area contributed by atoms with Gasteiger partial charge in [-0.15, -0.1) is 11.3 Å². The van der Waals surface area contributed by atoms with E-state index in [9.17, 15) is 8.42 Å². The van der Waals surface area contributed by atoms with E-state index in [4.69, 9.17) is 17.3 Å². The molecule has 1 heterocycles. The summed E-state index contributed by atoms with van der Waals surface area (Å²) in [5.74, 6) is 0. The molecule has 8 heteroatoms. The van der Waals surface area contributed by atoms with Crippen LogP contribution in [0, 0.1) is 0 Å². The van der Waals surface area contributed by atoms with Gasteiger partial charge < -0.3 is 5.73 Å². The minimum atomic E-state index is -3.48. The van der Waals surface area contributed by atoms with Gasteiger partial charge in [-0.25, -0.2) is 0 Å². The van der Waals surface area contributed by atoms with Gasteiger partial charge in [-0.1, -0.05) is 11.6 Å². The first-order valence-electron chi connectivity index (χ1n) is 5.55. The van der Waals surface area contributed by atoms with Crippen LogP contribution in [0.25, 0.3) is 0 Å². The van der Waals surface area contributed by atoms with E-state index < -0.39 is 10.2 Å². The minimum Gasteiger partial charge on any atom is -0.330 e. The van der Waals surface area contributed by atoms with E-state index in [0.29, 0.717) is 23.8 Å². The van der Waals surface area contributed by atoms with Gasteiger partial charge in [0.25, 0.3) is 10.2 Å². The number of nitrogens with two attached hydrogens (primary N) is 1. The molecule has 1 unspecified atom stereocenters. The molecule has 1 atom stereocenters. The molecule has 0 saturated heterocycles. The van der Waals surface area contributed by atoms with E-state index in [2.05, 4.69) is 4.72 Å². The van der Waals surface area contributed by atoms with Crippen molar-refractivity contribution in [1.29, 1.82) is 0 Å². The smallest absolute Gasteiger partial charge is 0.279 e. The van der Waals surface area contributed by atoms with Crippen molar-refractivity contribution in [2.75, 3.05) is 20.1 Å². The van der Waals surface area contributed by atoms with Gasteiger partial charge in [0.05, 0.1) is 10.4 Å². The Bertz CT molecular complexity index is 475. The zero-order chi connectivity index (χ0) is 13.8. The van der Waals surface area contributed by atoms with Crippen molar-refractivity contribution in [3.8, 4) is 0 Å². The molecular weight excluding hydrogens is 294 g/mol. The van der Waals surface area contributed by atoms with Crippen LogP contribution in [-0.2, 0) is 10.2 Å². The number of thiophene rings is 1. The Morgan fingerprint density at radius 1 is 1.56 bits per heavy atom. The van der Waals surface area contributed by atoms with E-state index in [1.165, 1.54) is 22.7 Å². The van der Waals surface area contributed by atoms with Gasteiger partial charge >= 0.3 is 0 Å². The van der Waals surface area contributed by atoms with Crippen LogP contribution in [-0.4, -0.2) is 32.9 Å². The highest BCUT2D eigenvalue weighted by Gasteiger charge is 2.21. The molecule has 1 aromatic heterocycles. The van der Waals surface area contributed by atoms with E-state index >= 15 is 0 Å². The van der Waals surface area contributed by atoms with Crippen molar-refractivity contribution in [2.24, 2.45) is 5.73 Å². The number of hydrogen-bond donors (Lipinski definition) is 2. The molecule has 0 aliphatic rings. The first-order valence-corrected chi connectivity index (χ1v) is 8.19.